The third-order valence-corrected chi connectivity index (χ3v) is 2.70. The van der Waals surface area contributed by atoms with Crippen LogP contribution in [0, 0.1) is 0 Å². The fourth-order valence-corrected chi connectivity index (χ4v) is 1.71. The van der Waals surface area contributed by atoms with Gasteiger partial charge in [0.25, 0.3) is 0 Å². The minimum Gasteiger partial charge on any atom is -0.480 e. The predicted molar refractivity (Wildman–Crippen MR) is 76.8 cm³/mol. The van der Waals surface area contributed by atoms with Crippen LogP contribution in [0.2, 0.25) is 0 Å². The van der Waals surface area contributed by atoms with Crippen molar-refractivity contribution in [1.29, 1.82) is 0 Å². The average Bonchev–Trinajstić information content (AvgIpc) is 2.47. The quantitative estimate of drug-likeness (QED) is 0.655. The van der Waals surface area contributed by atoms with Crippen molar-refractivity contribution in [2.45, 2.75) is 13.5 Å². The second-order valence-corrected chi connectivity index (χ2v) is 4.38. The maximum atomic E-state index is 12.0. The molecule has 0 fully saturated rings. The van der Waals surface area contributed by atoms with Crippen LogP contribution in [0.1, 0.15) is 12.5 Å². The molecule has 0 unspecified atom stereocenters. The monoisotopic (exact) mass is 295 g/mol. The van der Waals surface area contributed by atoms with E-state index in [1.807, 2.05) is 37.3 Å². The zero-order chi connectivity index (χ0) is 15.5. The van der Waals surface area contributed by atoms with Crippen LogP contribution in [-0.2, 0) is 25.6 Å². The summed E-state index contributed by atoms with van der Waals surface area (Å²) in [5.74, 6) is -1.40. The van der Waals surface area contributed by atoms with Crippen LogP contribution in [0.15, 0.2) is 30.3 Å². The number of amides is 1. The van der Waals surface area contributed by atoms with E-state index < -0.39 is 5.97 Å². The summed E-state index contributed by atoms with van der Waals surface area (Å²) in [6.07, 6.45) is 0. The van der Waals surface area contributed by atoms with E-state index in [0.717, 1.165) is 5.56 Å². The first-order chi connectivity index (χ1) is 10.1. The number of ether oxygens (including phenoxy) is 2. The molecule has 0 radical (unpaired) electrons. The lowest BCUT2D eigenvalue weighted by Crippen LogP contribution is -2.37. The highest BCUT2D eigenvalue weighted by Gasteiger charge is 2.17. The van der Waals surface area contributed by atoms with Gasteiger partial charge in [0, 0.05) is 13.2 Å². The lowest BCUT2D eigenvalue weighted by Gasteiger charge is -2.20. The SMILES string of the molecule is CCOCCOCC(=O)N(CC(=O)O)Cc1ccccc1. The number of aliphatic carboxylic acids is 1. The predicted octanol–water partition coefficient (Wildman–Crippen LogP) is 1.15. The Morgan fingerprint density at radius 3 is 2.43 bits per heavy atom. The maximum Gasteiger partial charge on any atom is 0.323 e. The van der Waals surface area contributed by atoms with E-state index in [-0.39, 0.29) is 25.6 Å². The molecule has 0 saturated heterocycles. The van der Waals surface area contributed by atoms with Crippen molar-refractivity contribution >= 4 is 11.9 Å². The number of rotatable bonds is 10. The smallest absolute Gasteiger partial charge is 0.323 e. The Morgan fingerprint density at radius 1 is 1.14 bits per heavy atom. The molecular formula is C15H21NO5. The molecule has 1 N–H and O–H groups in total. The summed E-state index contributed by atoms with van der Waals surface area (Å²) in [7, 11) is 0. The van der Waals surface area contributed by atoms with Gasteiger partial charge >= 0.3 is 5.97 Å². The van der Waals surface area contributed by atoms with Gasteiger partial charge in [0.1, 0.15) is 13.2 Å². The number of nitrogens with zero attached hydrogens (tertiary/aromatic N) is 1. The lowest BCUT2D eigenvalue weighted by molar-refractivity contribution is -0.147. The Kier molecular flexibility index (Phi) is 8.08. The molecule has 0 heterocycles. The van der Waals surface area contributed by atoms with E-state index in [1.165, 1.54) is 4.90 Å². The van der Waals surface area contributed by atoms with Crippen molar-refractivity contribution < 1.29 is 24.2 Å². The van der Waals surface area contributed by atoms with E-state index in [2.05, 4.69) is 0 Å². The summed E-state index contributed by atoms with van der Waals surface area (Å²) < 4.78 is 10.3. The van der Waals surface area contributed by atoms with Crippen molar-refractivity contribution in [3.63, 3.8) is 0 Å². The van der Waals surface area contributed by atoms with Gasteiger partial charge in [-0.05, 0) is 12.5 Å². The van der Waals surface area contributed by atoms with Gasteiger partial charge in [0.05, 0.1) is 13.2 Å². The van der Waals surface area contributed by atoms with Gasteiger partial charge in [-0.15, -0.1) is 0 Å². The van der Waals surface area contributed by atoms with Crippen LogP contribution in [-0.4, -0.2) is 54.9 Å². The lowest BCUT2D eigenvalue weighted by atomic mass is 10.2. The number of hydrogen-bond acceptors (Lipinski definition) is 4. The number of carboxylic acids is 1. The van der Waals surface area contributed by atoms with Crippen LogP contribution in [0.5, 0.6) is 0 Å². The number of benzene rings is 1. The second kappa shape index (κ2) is 9.90. The number of hydrogen-bond donors (Lipinski definition) is 1. The first kappa shape index (κ1) is 17.1. The van der Waals surface area contributed by atoms with Gasteiger partial charge in [0.15, 0.2) is 0 Å². The highest BCUT2D eigenvalue weighted by molar-refractivity contribution is 5.82. The Balaban J connectivity index is 2.48. The maximum absolute atomic E-state index is 12.0. The molecule has 6 nitrogen and oxygen atoms in total. The summed E-state index contributed by atoms with van der Waals surface area (Å²) in [5, 5.41) is 8.90. The summed E-state index contributed by atoms with van der Waals surface area (Å²) >= 11 is 0. The van der Waals surface area contributed by atoms with E-state index >= 15 is 0 Å². The van der Waals surface area contributed by atoms with Crippen LogP contribution < -0.4 is 0 Å². The van der Waals surface area contributed by atoms with Crippen molar-refractivity contribution in [1.82, 2.24) is 4.90 Å². The molecule has 0 spiro atoms. The molecule has 116 valence electrons. The summed E-state index contributed by atoms with van der Waals surface area (Å²) in [5.41, 5.74) is 0.876. The topological polar surface area (TPSA) is 76.1 Å². The van der Waals surface area contributed by atoms with Crippen molar-refractivity contribution in [3.05, 3.63) is 35.9 Å². The number of carboxylic acid groups (broad SMARTS) is 1. The largest absolute Gasteiger partial charge is 0.480 e. The van der Waals surface area contributed by atoms with Crippen molar-refractivity contribution in [2.24, 2.45) is 0 Å². The van der Waals surface area contributed by atoms with Gasteiger partial charge in [-0.25, -0.2) is 0 Å². The Morgan fingerprint density at radius 2 is 1.81 bits per heavy atom. The summed E-state index contributed by atoms with van der Waals surface area (Å²) in [4.78, 5) is 24.1. The normalized spacial score (nSPS) is 10.3. The van der Waals surface area contributed by atoms with Crippen molar-refractivity contribution in [2.75, 3.05) is 33.0 Å². The molecule has 1 aromatic rings. The van der Waals surface area contributed by atoms with E-state index in [0.29, 0.717) is 19.8 Å². The summed E-state index contributed by atoms with van der Waals surface area (Å²) in [6.45, 7) is 2.96. The van der Waals surface area contributed by atoms with Gasteiger partial charge in [0.2, 0.25) is 5.91 Å². The Labute approximate surface area is 124 Å². The molecule has 1 amide bonds. The molecule has 0 aliphatic rings. The van der Waals surface area contributed by atoms with Gasteiger partial charge in [-0.2, -0.15) is 0 Å². The van der Waals surface area contributed by atoms with Crippen LogP contribution in [0.25, 0.3) is 0 Å². The van der Waals surface area contributed by atoms with E-state index in [1.54, 1.807) is 0 Å². The molecule has 0 aliphatic carbocycles. The Bertz CT molecular complexity index is 435. The van der Waals surface area contributed by atoms with E-state index in [9.17, 15) is 9.59 Å². The van der Waals surface area contributed by atoms with Gasteiger partial charge < -0.3 is 19.5 Å². The zero-order valence-electron chi connectivity index (χ0n) is 12.2. The van der Waals surface area contributed by atoms with Crippen molar-refractivity contribution in [3.8, 4) is 0 Å². The molecule has 0 atom stereocenters. The molecule has 0 aromatic heterocycles. The third-order valence-electron chi connectivity index (χ3n) is 2.70. The molecule has 21 heavy (non-hydrogen) atoms. The average molecular weight is 295 g/mol. The van der Waals surface area contributed by atoms with Gasteiger partial charge in [-0.1, -0.05) is 30.3 Å². The first-order valence-electron chi connectivity index (χ1n) is 6.82. The van der Waals surface area contributed by atoms with E-state index in [4.69, 9.17) is 14.6 Å². The van der Waals surface area contributed by atoms with Crippen LogP contribution >= 0.6 is 0 Å². The minimum atomic E-state index is -1.05. The third kappa shape index (κ3) is 7.43. The fourth-order valence-electron chi connectivity index (χ4n) is 1.71. The molecule has 0 aliphatic heterocycles. The Hall–Kier alpha value is -1.92. The molecule has 1 aromatic carbocycles. The molecular weight excluding hydrogens is 274 g/mol. The van der Waals surface area contributed by atoms with Crippen LogP contribution in [0.4, 0.5) is 0 Å². The van der Waals surface area contributed by atoms with Crippen LogP contribution in [0.3, 0.4) is 0 Å². The minimum absolute atomic E-state index is 0.146. The zero-order valence-corrected chi connectivity index (χ0v) is 12.2. The first-order valence-corrected chi connectivity index (χ1v) is 6.82. The molecule has 6 heteroatoms. The highest BCUT2D eigenvalue weighted by atomic mass is 16.5. The molecule has 0 saturated carbocycles. The number of carbonyl (C=O) groups excluding carboxylic acids is 1. The molecule has 0 bridgehead atoms. The fraction of sp³-hybridized carbons (Fsp3) is 0.467. The second-order valence-electron chi connectivity index (χ2n) is 4.38. The van der Waals surface area contributed by atoms with Gasteiger partial charge in [-0.3, -0.25) is 9.59 Å². The standard InChI is InChI=1S/C15H21NO5/c1-2-20-8-9-21-12-14(17)16(11-15(18)19)10-13-6-4-3-5-7-13/h3-7H,2,8-12H2,1H3,(H,18,19). The number of carbonyl (C=O) groups is 2. The summed E-state index contributed by atoms with van der Waals surface area (Å²) in [6, 6.07) is 9.24. The highest BCUT2D eigenvalue weighted by Crippen LogP contribution is 2.05. The molecule has 1 rings (SSSR count).